The van der Waals surface area contributed by atoms with Gasteiger partial charge in [-0.2, -0.15) is 0 Å². The number of nitrogens with zero attached hydrogens (tertiary/aromatic N) is 2. The normalized spacial score (nSPS) is 34.0. The molecule has 6 rings (SSSR count). The van der Waals surface area contributed by atoms with Crippen molar-refractivity contribution in [1.82, 2.24) is 15.2 Å². The van der Waals surface area contributed by atoms with Crippen molar-refractivity contribution in [3.05, 3.63) is 30.1 Å². The van der Waals surface area contributed by atoms with Crippen LogP contribution in [0.4, 0.5) is 4.79 Å². The van der Waals surface area contributed by atoms with Crippen LogP contribution >= 0.6 is 0 Å². The van der Waals surface area contributed by atoms with E-state index in [1.807, 2.05) is 12.1 Å². The van der Waals surface area contributed by atoms with Gasteiger partial charge in [-0.25, -0.2) is 9.59 Å². The molecule has 0 aliphatic heterocycles. The molecular formula is C22H29N3O3. The Morgan fingerprint density at radius 2 is 1.79 bits per heavy atom. The van der Waals surface area contributed by atoms with Gasteiger partial charge in [0, 0.05) is 18.3 Å². The molecule has 0 spiro atoms. The number of amides is 2. The lowest BCUT2D eigenvalue weighted by Crippen LogP contribution is -2.59. The number of ether oxygens (including phenoxy) is 1. The van der Waals surface area contributed by atoms with Crippen LogP contribution in [-0.4, -0.2) is 41.1 Å². The Labute approximate surface area is 166 Å². The van der Waals surface area contributed by atoms with Gasteiger partial charge in [-0.05, 0) is 80.8 Å². The topological polar surface area (TPSA) is 71.5 Å². The van der Waals surface area contributed by atoms with Gasteiger partial charge >= 0.3 is 12.0 Å². The summed E-state index contributed by atoms with van der Waals surface area (Å²) >= 11 is 0. The molecule has 0 saturated heterocycles. The zero-order valence-corrected chi connectivity index (χ0v) is 16.4. The van der Waals surface area contributed by atoms with Crippen molar-refractivity contribution in [2.75, 3.05) is 7.11 Å². The molecule has 5 aliphatic rings. The number of rotatable bonds is 5. The molecule has 5 aliphatic carbocycles. The molecule has 1 aromatic heterocycles. The van der Waals surface area contributed by atoms with E-state index in [2.05, 4.69) is 10.3 Å². The van der Waals surface area contributed by atoms with E-state index in [4.69, 9.17) is 4.74 Å². The van der Waals surface area contributed by atoms with Gasteiger partial charge in [0.05, 0.1) is 12.8 Å². The number of esters is 1. The van der Waals surface area contributed by atoms with E-state index < -0.39 is 12.0 Å². The molecule has 1 heterocycles. The van der Waals surface area contributed by atoms with Gasteiger partial charge in [-0.1, -0.05) is 6.07 Å². The van der Waals surface area contributed by atoms with Gasteiger partial charge in [0.2, 0.25) is 0 Å². The maximum Gasteiger partial charge on any atom is 0.334 e. The maximum atomic E-state index is 13.4. The molecule has 1 atom stereocenters. The van der Waals surface area contributed by atoms with Crippen LogP contribution in [-0.2, 0) is 9.53 Å². The van der Waals surface area contributed by atoms with Crippen molar-refractivity contribution < 1.29 is 14.3 Å². The predicted octanol–water partition coefficient (Wildman–Crippen LogP) is 3.29. The van der Waals surface area contributed by atoms with E-state index in [-0.39, 0.29) is 18.1 Å². The molecule has 1 N–H and O–H groups in total. The van der Waals surface area contributed by atoms with Gasteiger partial charge in [-0.3, -0.25) is 4.98 Å². The fraction of sp³-hybridized carbons (Fsp3) is 0.682. The summed E-state index contributed by atoms with van der Waals surface area (Å²) in [6.45, 7) is 0. The van der Waals surface area contributed by atoms with Crippen LogP contribution < -0.4 is 5.32 Å². The highest BCUT2D eigenvalue weighted by atomic mass is 16.5. The van der Waals surface area contributed by atoms with Crippen LogP contribution in [0.25, 0.3) is 0 Å². The van der Waals surface area contributed by atoms with Crippen molar-refractivity contribution in [3.63, 3.8) is 0 Å². The minimum atomic E-state index is -0.782. The van der Waals surface area contributed by atoms with Crippen LogP contribution in [0.5, 0.6) is 0 Å². The Balaban J connectivity index is 1.38. The van der Waals surface area contributed by atoms with Crippen LogP contribution in [0, 0.1) is 23.7 Å². The second kappa shape index (κ2) is 7.05. The van der Waals surface area contributed by atoms with Gasteiger partial charge < -0.3 is 15.0 Å². The second-order valence-electron chi connectivity index (χ2n) is 9.22. The first-order valence-corrected chi connectivity index (χ1v) is 10.7. The third kappa shape index (κ3) is 3.16. The summed E-state index contributed by atoms with van der Waals surface area (Å²) < 4.78 is 5.06. The standard InChI is InChI=1S/C22H29N3O3/c1-28-21(26)20(18-4-2-3-7-23-18)25(17-5-6-17)22(27)24-19-15-9-13-8-14(11-15)12-16(19)10-13/h2-4,7,13-17,19-20H,5-6,8-12H2,1H3,(H,24,27). The van der Waals surface area contributed by atoms with Crippen LogP contribution in [0.2, 0.25) is 0 Å². The average Bonchev–Trinajstić information content (AvgIpc) is 3.53. The molecule has 6 heteroatoms. The molecule has 2 amide bonds. The number of carbonyl (C=O) groups is 2. The Morgan fingerprint density at radius 1 is 1.11 bits per heavy atom. The van der Waals surface area contributed by atoms with Crippen LogP contribution in [0.1, 0.15) is 56.7 Å². The summed E-state index contributed by atoms with van der Waals surface area (Å²) in [7, 11) is 1.37. The Kier molecular flexibility index (Phi) is 4.52. The number of urea groups is 1. The monoisotopic (exact) mass is 383 g/mol. The maximum absolute atomic E-state index is 13.4. The van der Waals surface area contributed by atoms with E-state index in [1.165, 1.54) is 39.2 Å². The molecule has 6 nitrogen and oxygen atoms in total. The first kappa shape index (κ1) is 18.0. The van der Waals surface area contributed by atoms with E-state index in [0.29, 0.717) is 17.5 Å². The first-order chi connectivity index (χ1) is 13.6. The minimum Gasteiger partial charge on any atom is -0.467 e. The molecule has 0 aromatic carbocycles. The minimum absolute atomic E-state index is 0.0861. The van der Waals surface area contributed by atoms with E-state index in [9.17, 15) is 9.59 Å². The summed E-state index contributed by atoms with van der Waals surface area (Å²) in [6.07, 6.45) is 9.91. The molecule has 150 valence electrons. The highest BCUT2D eigenvalue weighted by Gasteiger charge is 2.50. The smallest absolute Gasteiger partial charge is 0.334 e. The fourth-order valence-electron chi connectivity index (χ4n) is 6.25. The lowest BCUT2D eigenvalue weighted by molar-refractivity contribution is -0.146. The fourth-order valence-corrected chi connectivity index (χ4v) is 6.25. The van der Waals surface area contributed by atoms with Crippen molar-refractivity contribution in [2.45, 2.75) is 63.1 Å². The Bertz CT molecular complexity index is 721. The van der Waals surface area contributed by atoms with Gasteiger partial charge in [-0.15, -0.1) is 0 Å². The zero-order chi connectivity index (χ0) is 19.3. The molecule has 1 unspecified atom stereocenters. The summed E-state index contributed by atoms with van der Waals surface area (Å²) in [6, 6.07) is 4.89. The molecule has 1 aromatic rings. The summed E-state index contributed by atoms with van der Waals surface area (Å²) in [4.78, 5) is 32.1. The van der Waals surface area contributed by atoms with Crippen molar-refractivity contribution >= 4 is 12.0 Å². The lowest BCUT2D eigenvalue weighted by Gasteiger charge is -2.54. The largest absolute Gasteiger partial charge is 0.467 e. The highest BCUT2D eigenvalue weighted by Crippen LogP contribution is 2.53. The van der Waals surface area contributed by atoms with Gasteiger partial charge in [0.1, 0.15) is 0 Å². The molecule has 28 heavy (non-hydrogen) atoms. The first-order valence-electron chi connectivity index (χ1n) is 10.7. The lowest BCUT2D eigenvalue weighted by atomic mass is 9.54. The third-order valence-electron chi connectivity index (χ3n) is 7.36. The quantitative estimate of drug-likeness (QED) is 0.792. The van der Waals surface area contributed by atoms with Crippen LogP contribution in [0.3, 0.4) is 0 Å². The average molecular weight is 383 g/mol. The number of pyridine rings is 1. The number of aromatic nitrogens is 1. The van der Waals surface area contributed by atoms with Crippen molar-refractivity contribution in [2.24, 2.45) is 23.7 Å². The van der Waals surface area contributed by atoms with E-state index in [1.54, 1.807) is 17.2 Å². The number of carbonyl (C=O) groups excluding carboxylic acids is 2. The second-order valence-corrected chi connectivity index (χ2v) is 9.22. The number of nitrogens with one attached hydrogen (secondary N) is 1. The molecular weight excluding hydrogens is 354 g/mol. The molecule has 0 radical (unpaired) electrons. The van der Waals surface area contributed by atoms with Gasteiger partial charge in [0.15, 0.2) is 6.04 Å². The summed E-state index contributed by atoms with van der Waals surface area (Å²) in [5.41, 5.74) is 0.571. The molecule has 4 bridgehead atoms. The summed E-state index contributed by atoms with van der Waals surface area (Å²) in [5.74, 6) is 2.52. The van der Waals surface area contributed by atoms with Crippen molar-refractivity contribution in [3.8, 4) is 0 Å². The molecule has 5 saturated carbocycles. The highest BCUT2D eigenvalue weighted by molar-refractivity contribution is 5.85. The Morgan fingerprint density at radius 3 is 2.32 bits per heavy atom. The van der Waals surface area contributed by atoms with E-state index >= 15 is 0 Å². The number of hydrogen-bond donors (Lipinski definition) is 1. The summed E-state index contributed by atoms with van der Waals surface area (Å²) in [5, 5.41) is 3.36. The Hall–Kier alpha value is -2.11. The van der Waals surface area contributed by atoms with Crippen LogP contribution in [0.15, 0.2) is 24.4 Å². The molecule has 5 fully saturated rings. The predicted molar refractivity (Wildman–Crippen MR) is 103 cm³/mol. The van der Waals surface area contributed by atoms with E-state index in [0.717, 1.165) is 24.7 Å². The zero-order valence-electron chi connectivity index (χ0n) is 16.4. The SMILES string of the molecule is COC(=O)C(c1ccccn1)N(C(=O)NC1C2CC3CC(C2)CC1C3)C1CC1. The number of methoxy groups -OCH3 is 1. The third-order valence-corrected chi connectivity index (χ3v) is 7.36. The van der Waals surface area contributed by atoms with Crippen molar-refractivity contribution in [1.29, 1.82) is 0 Å². The number of hydrogen-bond acceptors (Lipinski definition) is 4. The van der Waals surface area contributed by atoms with Gasteiger partial charge in [0.25, 0.3) is 0 Å².